The molecule has 0 aromatic heterocycles. The molecule has 1 N–H and O–H groups in total. The summed E-state index contributed by atoms with van der Waals surface area (Å²) in [6.07, 6.45) is 1.82. The highest BCUT2D eigenvalue weighted by molar-refractivity contribution is 7.61. The second-order valence-corrected chi connectivity index (χ2v) is 8.06. The molecule has 0 aliphatic carbocycles. The van der Waals surface area contributed by atoms with Crippen molar-refractivity contribution in [2.24, 2.45) is 0 Å². The standard InChI is InChI=1S/C24H23O2P/c1-25-23-14-8-6-12-21(23)18-27(17-16-20-10-4-3-5-11-20)19-22-13-7-9-15-24(22)26-2/h3-15H,18-19H2,1-2H3/p+1. The molecule has 0 amide bonds. The molecule has 0 saturated heterocycles. The van der Waals surface area contributed by atoms with Gasteiger partial charge in [0.1, 0.15) is 5.75 Å². The first-order valence-corrected chi connectivity index (χ1v) is 10.6. The molecule has 0 radical (unpaired) electrons. The number of hydrogen-bond acceptors (Lipinski definition) is 1. The molecule has 2 nitrogen and oxygen atoms in total. The molecule has 0 bridgehead atoms. The number of hydrogen-bond donors (Lipinski definition) is 0. The number of benzene rings is 3. The molecule has 0 spiro atoms. The minimum Gasteiger partial charge on any atom is -0.584 e. The van der Waals surface area contributed by atoms with E-state index in [0.717, 1.165) is 29.4 Å². The lowest BCUT2D eigenvalue weighted by Crippen LogP contribution is -1.94. The van der Waals surface area contributed by atoms with Crippen LogP contribution in [-0.4, -0.2) is 19.0 Å². The van der Waals surface area contributed by atoms with Crippen LogP contribution in [0.2, 0.25) is 0 Å². The van der Waals surface area contributed by atoms with Gasteiger partial charge in [-0.15, -0.1) is 0 Å². The Bertz CT molecular complexity index is 876. The van der Waals surface area contributed by atoms with Crippen molar-refractivity contribution in [2.75, 3.05) is 14.2 Å². The van der Waals surface area contributed by atoms with Crippen molar-refractivity contribution in [1.29, 1.82) is 0 Å². The summed E-state index contributed by atoms with van der Waals surface area (Å²) in [5.41, 5.74) is 7.07. The maximum atomic E-state index is 5.55. The molecule has 3 heteroatoms. The van der Waals surface area contributed by atoms with Gasteiger partial charge < -0.3 is 9.47 Å². The first-order chi connectivity index (χ1) is 13.3. The van der Waals surface area contributed by atoms with Gasteiger partial charge in [0.25, 0.3) is 5.75 Å². The molecule has 1 atom stereocenters. The molecule has 0 fully saturated rings. The SMILES string of the molecule is COc1ccccc1CP(C#Cc1ccccc1)Cc1ccccc1[OH+]C. The third-order valence-corrected chi connectivity index (χ3v) is 6.15. The van der Waals surface area contributed by atoms with E-state index in [1.54, 1.807) is 7.11 Å². The third-order valence-electron chi connectivity index (χ3n) is 4.28. The van der Waals surface area contributed by atoms with E-state index in [-0.39, 0.29) is 0 Å². The summed E-state index contributed by atoms with van der Waals surface area (Å²) in [5, 5.41) is 0. The van der Waals surface area contributed by atoms with E-state index >= 15 is 0 Å². The van der Waals surface area contributed by atoms with Crippen LogP contribution in [-0.2, 0) is 12.3 Å². The Hall–Kier alpha value is -2.75. The van der Waals surface area contributed by atoms with Gasteiger partial charge in [-0.3, -0.25) is 0 Å². The summed E-state index contributed by atoms with van der Waals surface area (Å²) in [6.45, 7) is 0. The van der Waals surface area contributed by atoms with E-state index in [9.17, 15) is 0 Å². The van der Waals surface area contributed by atoms with Gasteiger partial charge in [-0.05, 0) is 37.8 Å². The van der Waals surface area contributed by atoms with Crippen molar-refractivity contribution in [3.8, 4) is 23.1 Å². The third kappa shape index (κ3) is 5.36. The van der Waals surface area contributed by atoms with Crippen LogP contribution < -0.4 is 4.74 Å². The first kappa shape index (κ1) is 19.0. The van der Waals surface area contributed by atoms with E-state index in [2.05, 4.69) is 58.8 Å². The van der Waals surface area contributed by atoms with Gasteiger partial charge >= 0.3 is 0 Å². The molecule has 0 aliphatic heterocycles. The van der Waals surface area contributed by atoms with Gasteiger partial charge in [0.15, 0.2) is 7.11 Å². The lowest BCUT2D eigenvalue weighted by Gasteiger charge is -2.15. The fourth-order valence-corrected chi connectivity index (χ4v) is 4.82. The predicted molar refractivity (Wildman–Crippen MR) is 115 cm³/mol. The Morgan fingerprint density at radius 2 is 1.44 bits per heavy atom. The average molecular weight is 375 g/mol. The van der Waals surface area contributed by atoms with Crippen LogP contribution >= 0.6 is 7.92 Å². The molecule has 0 aliphatic rings. The summed E-state index contributed by atoms with van der Waals surface area (Å²) in [5.74, 6) is 5.35. The minimum atomic E-state index is -0.582. The second-order valence-electron chi connectivity index (χ2n) is 6.12. The summed E-state index contributed by atoms with van der Waals surface area (Å²) in [4.78, 5) is 0. The van der Waals surface area contributed by atoms with Crippen molar-refractivity contribution in [2.45, 2.75) is 12.3 Å². The number of ether oxygens (including phenoxy) is 2. The number of aromatic hydroxyl groups is 1. The largest absolute Gasteiger partial charge is 0.584 e. The molecular formula is C24H24O2P+. The highest BCUT2D eigenvalue weighted by Crippen LogP contribution is 2.45. The number of methoxy groups -OCH3 is 1. The molecular weight excluding hydrogens is 351 g/mol. The van der Waals surface area contributed by atoms with Crippen LogP contribution in [0.15, 0.2) is 78.9 Å². The average Bonchev–Trinajstić information content (AvgIpc) is 2.73. The van der Waals surface area contributed by atoms with E-state index in [0.29, 0.717) is 0 Å². The van der Waals surface area contributed by atoms with Crippen molar-refractivity contribution >= 4 is 7.92 Å². The molecule has 1 unspecified atom stereocenters. The fourth-order valence-electron chi connectivity index (χ4n) is 2.91. The normalized spacial score (nSPS) is 11.2. The van der Waals surface area contributed by atoms with Crippen LogP contribution in [0, 0.1) is 11.6 Å². The molecule has 27 heavy (non-hydrogen) atoms. The molecule has 0 saturated carbocycles. The van der Waals surface area contributed by atoms with E-state index in [1.807, 2.05) is 43.5 Å². The predicted octanol–water partition coefficient (Wildman–Crippen LogP) is 5.76. The minimum absolute atomic E-state index is 0.582. The van der Waals surface area contributed by atoms with Gasteiger partial charge in [-0.25, -0.2) is 0 Å². The Morgan fingerprint density at radius 3 is 2.19 bits per heavy atom. The Balaban J connectivity index is 1.90. The van der Waals surface area contributed by atoms with Crippen LogP contribution in [0.25, 0.3) is 0 Å². The number of para-hydroxylation sites is 2. The van der Waals surface area contributed by atoms with Gasteiger partial charge in [-0.1, -0.05) is 60.1 Å². The molecule has 3 aromatic carbocycles. The van der Waals surface area contributed by atoms with Crippen LogP contribution in [0.1, 0.15) is 16.7 Å². The van der Waals surface area contributed by atoms with E-state index in [4.69, 9.17) is 4.74 Å². The monoisotopic (exact) mass is 375 g/mol. The first-order valence-electron chi connectivity index (χ1n) is 8.91. The van der Waals surface area contributed by atoms with Crippen molar-refractivity contribution in [3.05, 3.63) is 95.6 Å². The topological polar surface area (TPSA) is 22.0 Å². The number of aliphatic hydroxyl groups is 1. The highest BCUT2D eigenvalue weighted by Gasteiger charge is 2.15. The summed E-state index contributed by atoms with van der Waals surface area (Å²) >= 11 is 0. The van der Waals surface area contributed by atoms with Crippen LogP contribution in [0.4, 0.5) is 0 Å². The quantitative estimate of drug-likeness (QED) is 0.305. The lowest BCUT2D eigenvalue weighted by molar-refractivity contribution is 0.134. The van der Waals surface area contributed by atoms with Crippen LogP contribution in [0.5, 0.6) is 11.5 Å². The summed E-state index contributed by atoms with van der Waals surface area (Å²) in [7, 11) is 2.99. The number of rotatable bonds is 6. The Labute approximate surface area is 162 Å². The Morgan fingerprint density at radius 1 is 0.815 bits per heavy atom. The van der Waals surface area contributed by atoms with E-state index in [1.165, 1.54) is 11.1 Å². The smallest absolute Gasteiger partial charge is 0.258 e. The molecule has 136 valence electrons. The molecule has 3 aromatic rings. The fraction of sp³-hybridized carbons (Fsp3) is 0.167. The maximum Gasteiger partial charge on any atom is 0.258 e. The lowest BCUT2D eigenvalue weighted by atomic mass is 10.2. The summed E-state index contributed by atoms with van der Waals surface area (Å²) < 4.78 is 9.97. The zero-order valence-corrected chi connectivity index (χ0v) is 16.6. The van der Waals surface area contributed by atoms with Crippen LogP contribution in [0.3, 0.4) is 0 Å². The van der Waals surface area contributed by atoms with Crippen molar-refractivity contribution in [1.82, 2.24) is 0 Å². The van der Waals surface area contributed by atoms with Gasteiger partial charge in [0.2, 0.25) is 0 Å². The van der Waals surface area contributed by atoms with Crippen molar-refractivity contribution < 1.29 is 9.47 Å². The van der Waals surface area contributed by atoms with Gasteiger partial charge in [0.05, 0.1) is 12.7 Å². The Kier molecular flexibility index (Phi) is 6.91. The summed E-state index contributed by atoms with van der Waals surface area (Å²) in [6, 6.07) is 26.7. The molecule has 0 heterocycles. The zero-order valence-electron chi connectivity index (χ0n) is 15.7. The second kappa shape index (κ2) is 9.81. The highest BCUT2D eigenvalue weighted by atomic mass is 31.1. The zero-order chi connectivity index (χ0) is 18.9. The van der Waals surface area contributed by atoms with Gasteiger partial charge in [-0.2, -0.15) is 0 Å². The maximum absolute atomic E-state index is 5.55. The van der Waals surface area contributed by atoms with Crippen molar-refractivity contribution in [3.63, 3.8) is 0 Å². The van der Waals surface area contributed by atoms with Gasteiger partial charge in [0, 0.05) is 24.0 Å². The molecule has 3 rings (SSSR count). The van der Waals surface area contributed by atoms with E-state index < -0.39 is 7.92 Å².